The summed E-state index contributed by atoms with van der Waals surface area (Å²) in [5, 5.41) is 29.7. The lowest BCUT2D eigenvalue weighted by Gasteiger charge is -2.36. The molecule has 6 amide bonds. The van der Waals surface area contributed by atoms with Gasteiger partial charge in [-0.05, 0) is 137 Å². The van der Waals surface area contributed by atoms with Crippen molar-refractivity contribution < 1.29 is 48.1 Å². The number of benzene rings is 6. The first-order valence-electron chi connectivity index (χ1n) is 33.8. The molecule has 0 radical (unpaired) electrons. The highest BCUT2D eigenvalue weighted by atomic mass is 16.3. The summed E-state index contributed by atoms with van der Waals surface area (Å²) in [6, 6.07) is 51.4. The average molecular weight is 1380 g/mol. The second-order valence-electron chi connectivity index (χ2n) is 25.0. The van der Waals surface area contributed by atoms with Crippen LogP contribution in [0.3, 0.4) is 0 Å². The van der Waals surface area contributed by atoms with Crippen molar-refractivity contribution in [3.05, 3.63) is 216 Å². The molecule has 6 aromatic carbocycles. The third-order valence-corrected chi connectivity index (χ3v) is 18.0. The molecule has 25 nitrogen and oxygen atoms in total. The number of aromatic nitrogens is 6. The minimum atomic E-state index is -0.462. The summed E-state index contributed by atoms with van der Waals surface area (Å²) in [4.78, 5) is 111. The van der Waals surface area contributed by atoms with Gasteiger partial charge in [-0.3, -0.25) is 33.7 Å². The maximum absolute atomic E-state index is 13.2. The number of nitrogens with one attached hydrogen (secondary N) is 4. The van der Waals surface area contributed by atoms with Gasteiger partial charge in [0.1, 0.15) is 0 Å². The quantitative estimate of drug-likeness (QED) is 0.0445. The van der Waals surface area contributed by atoms with Crippen LogP contribution in [0.1, 0.15) is 135 Å². The van der Waals surface area contributed by atoms with Crippen molar-refractivity contribution in [2.24, 2.45) is 0 Å². The topological polar surface area (TPSA) is 363 Å². The van der Waals surface area contributed by atoms with Crippen LogP contribution in [0.2, 0.25) is 0 Å². The summed E-state index contributed by atoms with van der Waals surface area (Å²) in [5.74, 6) is -1.47. The fraction of sp³-hybridized carbons (Fsp3) is 0.276. The fourth-order valence-electron chi connectivity index (χ4n) is 12.5. The molecule has 0 bridgehead atoms. The number of hydrogen-bond acceptors (Lipinski definition) is 19. The number of piperazine rings is 1. The summed E-state index contributed by atoms with van der Waals surface area (Å²) in [5.41, 5.74) is 24.8. The standard InChI is InChI=1S/C27H30N6O2.C25H25N7O2.C24H25N5O3.10H2/c28-25-24(26(34)30-21-9-2-1-3-10-21)31-23(18-29-25)19-7-6-8-20(17-19)27(35)33-15-11-22(12-16-33)32-13-4-5-14-32;26-10-5-11-31-12-14-32(15-13-31)25(34)19-7-4-6-18(16-19)21-17-28-23(27)22(30-21)24(33)29-20-8-2-1-3-9-20;25-22-21(24(32)28-17-7-2-1-3-8-17)29-20(14-26-22)15-5-4-6-16(13-15)23(31)27-18-9-11-19(30)12-10-18;;;;;;;;;;/h1-3,6-10,17-18,22H,4-5,11-16H2,(H2,28,29)(H,30,34);1-4,6-9,16-17H,5,11-15H2,(H2,27,28)(H,29,33);1-8,13-14,18-19,30H,9-12H2,(H2,25,26)(H,27,31)(H,28,32);10*1H. The third-order valence-electron chi connectivity index (χ3n) is 18.0. The smallest absolute Gasteiger partial charge is 0.278 e. The first-order chi connectivity index (χ1) is 49.1. The molecule has 6 heterocycles. The van der Waals surface area contributed by atoms with E-state index in [1.54, 1.807) is 78.9 Å². The molecule has 101 heavy (non-hydrogen) atoms. The zero-order chi connectivity index (χ0) is 70.6. The number of carbonyl (C=O) groups excluding carboxylic acids is 6. The van der Waals surface area contributed by atoms with Crippen LogP contribution in [0.4, 0.5) is 34.5 Å². The highest BCUT2D eigenvalue weighted by Crippen LogP contribution is 2.28. The van der Waals surface area contributed by atoms with E-state index in [9.17, 15) is 33.9 Å². The first kappa shape index (κ1) is 70.5. The average Bonchev–Trinajstić information content (AvgIpc) is 1.00. The lowest BCUT2D eigenvalue weighted by molar-refractivity contribution is 0.0635. The number of anilines is 6. The Labute approximate surface area is 600 Å². The van der Waals surface area contributed by atoms with Crippen LogP contribution in [0.25, 0.3) is 33.8 Å². The molecule has 4 aliphatic rings. The molecule has 0 spiro atoms. The van der Waals surface area contributed by atoms with Gasteiger partial charge in [-0.15, -0.1) is 0 Å². The number of aliphatic hydroxyl groups is 1. The SMILES string of the molecule is N#CCCN1CCN(C(=O)c2cccc(-c3cnc(N)c(C(=O)Nc4ccccc4)n3)c2)CC1.Nc1ncc(-c2cccc(C(=O)N3CCC(N4CCCC4)CC3)c2)nc1C(=O)Nc1ccccc1.Nc1ncc(-c2cccc(C(=O)NC3CCC(O)CC3)c2)nc1C(=O)Nc1ccccc1.[HH].[HH].[HH].[HH].[HH].[HH].[HH].[HH].[HH].[HH]. The van der Waals surface area contributed by atoms with Crippen LogP contribution in [0.5, 0.6) is 0 Å². The Morgan fingerprint density at radius 1 is 0.465 bits per heavy atom. The summed E-state index contributed by atoms with van der Waals surface area (Å²) in [7, 11) is 0. The number of nitriles is 1. The van der Waals surface area contributed by atoms with Gasteiger partial charge >= 0.3 is 0 Å². The Balaban J connectivity index is 0.000000797. The third kappa shape index (κ3) is 18.9. The molecular formula is C76H100N18O7. The van der Waals surface area contributed by atoms with Crippen LogP contribution in [0, 0.1) is 11.3 Å². The zero-order valence-corrected chi connectivity index (χ0v) is 55.8. The van der Waals surface area contributed by atoms with Crippen LogP contribution < -0.4 is 38.5 Å². The number of para-hydroxylation sites is 3. The van der Waals surface area contributed by atoms with Crippen molar-refractivity contribution in [1.29, 1.82) is 5.26 Å². The van der Waals surface area contributed by atoms with Crippen LogP contribution in [0.15, 0.2) is 182 Å². The Morgan fingerprint density at radius 2 is 0.851 bits per heavy atom. The second-order valence-corrected chi connectivity index (χ2v) is 25.0. The van der Waals surface area contributed by atoms with Crippen molar-refractivity contribution in [3.63, 3.8) is 0 Å². The molecule has 1 aliphatic carbocycles. The van der Waals surface area contributed by atoms with Gasteiger partial charge in [-0.1, -0.05) is 91.0 Å². The number of carbonyl (C=O) groups is 6. The van der Waals surface area contributed by atoms with E-state index in [-0.39, 0.29) is 78.7 Å². The maximum Gasteiger partial charge on any atom is 0.278 e. The van der Waals surface area contributed by atoms with E-state index in [0.717, 1.165) is 58.4 Å². The predicted octanol–water partition coefficient (Wildman–Crippen LogP) is 11.8. The van der Waals surface area contributed by atoms with Crippen LogP contribution in [-0.2, 0) is 0 Å². The number of rotatable bonds is 16. The number of nitrogens with two attached hydrogens (primary N) is 3. The summed E-state index contributed by atoms with van der Waals surface area (Å²) < 4.78 is 0. The van der Waals surface area contributed by atoms with Crippen LogP contribution in [-0.4, -0.2) is 167 Å². The maximum atomic E-state index is 13.2. The van der Waals surface area contributed by atoms with E-state index in [1.807, 2.05) is 94.7 Å². The van der Waals surface area contributed by atoms with Gasteiger partial charge in [0.25, 0.3) is 35.4 Å². The molecule has 3 aliphatic heterocycles. The fourth-order valence-corrected chi connectivity index (χ4v) is 12.5. The number of piperidine rings is 1. The number of nitrogen functional groups attached to an aromatic ring is 3. The molecule has 1 saturated carbocycles. The molecule has 9 aromatic rings. The lowest BCUT2D eigenvalue weighted by Crippen LogP contribution is -2.48. The number of likely N-dealkylation sites (tertiary alicyclic amines) is 2. The molecular weight excluding hydrogens is 1280 g/mol. The first-order valence-corrected chi connectivity index (χ1v) is 33.8. The molecule has 536 valence electrons. The van der Waals surface area contributed by atoms with Gasteiger partial charge in [-0.2, -0.15) is 5.26 Å². The van der Waals surface area contributed by atoms with Gasteiger partial charge in [0.05, 0.1) is 47.8 Å². The highest BCUT2D eigenvalue weighted by Gasteiger charge is 2.30. The number of nitrogens with zero attached hydrogens (tertiary/aromatic N) is 11. The van der Waals surface area contributed by atoms with Gasteiger partial charge in [0.2, 0.25) is 0 Å². The summed E-state index contributed by atoms with van der Waals surface area (Å²) >= 11 is 0. The molecule has 4 fully saturated rings. The van der Waals surface area contributed by atoms with Gasteiger partial charge in [-0.25, -0.2) is 29.9 Å². The zero-order valence-electron chi connectivity index (χ0n) is 55.8. The van der Waals surface area contributed by atoms with E-state index in [4.69, 9.17) is 22.5 Å². The van der Waals surface area contributed by atoms with Crippen LogP contribution >= 0.6 is 0 Å². The number of aliphatic hydroxyl groups excluding tert-OH is 1. The Bertz CT molecular complexity index is 4470. The van der Waals surface area contributed by atoms with E-state index < -0.39 is 17.7 Å². The van der Waals surface area contributed by atoms with Crippen molar-refractivity contribution >= 4 is 70.0 Å². The molecule has 0 unspecified atom stereocenters. The van der Waals surface area contributed by atoms with Crippen molar-refractivity contribution in [3.8, 4) is 39.8 Å². The lowest BCUT2D eigenvalue weighted by atomic mass is 9.93. The minimum absolute atomic E-state index is 0. The highest BCUT2D eigenvalue weighted by molar-refractivity contribution is 6.08. The Kier molecular flexibility index (Phi) is 23.8. The molecule has 3 aromatic heterocycles. The summed E-state index contributed by atoms with van der Waals surface area (Å²) in [6.07, 6.45) is 12.2. The van der Waals surface area contributed by atoms with E-state index >= 15 is 0 Å². The molecule has 3 saturated heterocycles. The van der Waals surface area contributed by atoms with Gasteiger partial charge < -0.3 is 58.3 Å². The molecule has 13 rings (SSSR count). The monoisotopic (exact) mass is 1380 g/mol. The summed E-state index contributed by atoms with van der Waals surface area (Å²) in [6.45, 7) is 7.37. The predicted molar refractivity (Wildman–Crippen MR) is 408 cm³/mol. The molecule has 11 N–H and O–H groups in total. The minimum Gasteiger partial charge on any atom is -0.393 e. The van der Waals surface area contributed by atoms with Gasteiger partial charge in [0, 0.05) is 129 Å². The van der Waals surface area contributed by atoms with Gasteiger partial charge in [0.15, 0.2) is 34.5 Å². The van der Waals surface area contributed by atoms with E-state index in [2.05, 4.69) is 67.0 Å². The molecule has 0 atom stereocenters. The second kappa shape index (κ2) is 34.1. The normalized spacial score (nSPS) is 16.2. The number of amides is 6. The van der Waals surface area contributed by atoms with Crippen molar-refractivity contribution in [1.82, 2.24) is 54.8 Å². The molecule has 25 heteroatoms. The Morgan fingerprint density at radius 3 is 1.26 bits per heavy atom. The Hall–Kier alpha value is -11.9. The number of hydrogen-bond donors (Lipinski definition) is 8. The van der Waals surface area contributed by atoms with E-state index in [0.29, 0.717) is 106 Å². The van der Waals surface area contributed by atoms with E-state index in [1.165, 1.54) is 44.5 Å². The largest absolute Gasteiger partial charge is 0.393 e. The van der Waals surface area contributed by atoms with Crippen molar-refractivity contribution in [2.45, 2.75) is 76.0 Å². The van der Waals surface area contributed by atoms with Crippen molar-refractivity contribution in [2.75, 3.05) is 92.1 Å².